The van der Waals surface area contributed by atoms with Crippen LogP contribution >= 0.6 is 23.2 Å². The third-order valence-electron chi connectivity index (χ3n) is 3.69. The van der Waals surface area contributed by atoms with Crippen LogP contribution in [-0.4, -0.2) is 24.5 Å². The molecule has 2 N–H and O–H groups in total. The van der Waals surface area contributed by atoms with Crippen LogP contribution in [0.1, 0.15) is 31.4 Å². The van der Waals surface area contributed by atoms with Crippen molar-refractivity contribution < 1.29 is 0 Å². The van der Waals surface area contributed by atoms with E-state index in [9.17, 15) is 0 Å². The smallest absolute Gasteiger partial charge is 0.0469 e. The molecule has 1 aromatic rings. The van der Waals surface area contributed by atoms with Crippen LogP contribution in [0.3, 0.4) is 0 Å². The maximum atomic E-state index is 6.24. The lowest BCUT2D eigenvalue weighted by Gasteiger charge is -2.32. The molecule has 2 rings (SSSR count). The highest BCUT2D eigenvalue weighted by molar-refractivity contribution is 6.35. The molecule has 0 bridgehead atoms. The van der Waals surface area contributed by atoms with Gasteiger partial charge in [-0.05, 0) is 49.5 Å². The Morgan fingerprint density at radius 2 is 2.00 bits per heavy atom. The number of hydrogen-bond acceptors (Lipinski definition) is 2. The van der Waals surface area contributed by atoms with E-state index in [4.69, 9.17) is 28.9 Å². The Labute approximate surface area is 119 Å². The molecule has 1 unspecified atom stereocenters. The second-order valence-corrected chi connectivity index (χ2v) is 6.10. The van der Waals surface area contributed by atoms with Crippen molar-refractivity contribution in [1.29, 1.82) is 0 Å². The Kier molecular flexibility index (Phi) is 4.91. The predicted octanol–water partition coefficient (Wildman–Crippen LogP) is 3.73. The van der Waals surface area contributed by atoms with Gasteiger partial charge in [0.25, 0.3) is 0 Å². The fourth-order valence-electron chi connectivity index (χ4n) is 2.42. The van der Waals surface area contributed by atoms with Crippen LogP contribution < -0.4 is 5.73 Å². The molecule has 1 saturated heterocycles. The Hall–Kier alpha value is -0.280. The minimum absolute atomic E-state index is 0.0387. The standard InChI is InChI=1S/C14H20Cl2N2/c1-10-4-6-18(7-5-10)9-14(17)12-3-2-11(15)8-13(12)16/h2-3,8,10,14H,4-7,9,17H2,1H3. The van der Waals surface area contributed by atoms with Gasteiger partial charge in [-0.2, -0.15) is 0 Å². The zero-order chi connectivity index (χ0) is 13.1. The molecule has 0 aliphatic carbocycles. The van der Waals surface area contributed by atoms with E-state index < -0.39 is 0 Å². The summed E-state index contributed by atoms with van der Waals surface area (Å²) in [5.74, 6) is 0.844. The van der Waals surface area contributed by atoms with E-state index in [0.717, 1.165) is 31.1 Å². The molecule has 1 heterocycles. The summed E-state index contributed by atoms with van der Waals surface area (Å²) in [5.41, 5.74) is 7.23. The van der Waals surface area contributed by atoms with Crippen molar-refractivity contribution in [2.24, 2.45) is 11.7 Å². The summed E-state index contributed by atoms with van der Waals surface area (Å²) in [4.78, 5) is 2.43. The van der Waals surface area contributed by atoms with E-state index in [2.05, 4.69) is 11.8 Å². The van der Waals surface area contributed by atoms with E-state index >= 15 is 0 Å². The van der Waals surface area contributed by atoms with Gasteiger partial charge in [0.15, 0.2) is 0 Å². The summed E-state index contributed by atoms with van der Waals surface area (Å²) in [6.07, 6.45) is 2.53. The monoisotopic (exact) mass is 286 g/mol. The highest BCUT2D eigenvalue weighted by Crippen LogP contribution is 2.26. The zero-order valence-electron chi connectivity index (χ0n) is 10.7. The second-order valence-electron chi connectivity index (χ2n) is 5.26. The van der Waals surface area contributed by atoms with Crippen LogP contribution in [0, 0.1) is 5.92 Å². The molecule has 0 amide bonds. The lowest BCUT2D eigenvalue weighted by atomic mass is 9.98. The van der Waals surface area contributed by atoms with Gasteiger partial charge < -0.3 is 10.6 Å². The zero-order valence-corrected chi connectivity index (χ0v) is 12.2. The van der Waals surface area contributed by atoms with E-state index in [1.54, 1.807) is 6.07 Å². The van der Waals surface area contributed by atoms with Gasteiger partial charge in [0, 0.05) is 22.6 Å². The quantitative estimate of drug-likeness (QED) is 0.918. The maximum absolute atomic E-state index is 6.24. The van der Waals surface area contributed by atoms with Crippen molar-refractivity contribution in [3.8, 4) is 0 Å². The summed E-state index contributed by atoms with van der Waals surface area (Å²) >= 11 is 12.1. The van der Waals surface area contributed by atoms with Gasteiger partial charge in [-0.25, -0.2) is 0 Å². The Morgan fingerprint density at radius 1 is 1.33 bits per heavy atom. The number of hydrogen-bond donors (Lipinski definition) is 1. The molecule has 0 saturated carbocycles. The number of benzene rings is 1. The topological polar surface area (TPSA) is 29.3 Å². The fourth-order valence-corrected chi connectivity index (χ4v) is 2.97. The Morgan fingerprint density at radius 3 is 2.61 bits per heavy atom. The van der Waals surface area contributed by atoms with Crippen LogP contribution in [-0.2, 0) is 0 Å². The first kappa shape index (κ1) is 14.1. The van der Waals surface area contributed by atoms with Crippen LogP contribution in [0.5, 0.6) is 0 Å². The molecular formula is C14H20Cl2N2. The van der Waals surface area contributed by atoms with Crippen molar-refractivity contribution in [2.45, 2.75) is 25.8 Å². The molecule has 1 aromatic carbocycles. The minimum Gasteiger partial charge on any atom is -0.323 e. The van der Waals surface area contributed by atoms with Crippen LogP contribution in [0.2, 0.25) is 10.0 Å². The van der Waals surface area contributed by atoms with E-state index in [0.29, 0.717) is 10.0 Å². The number of piperidine rings is 1. The summed E-state index contributed by atoms with van der Waals surface area (Å²) in [6.45, 7) is 5.46. The van der Waals surface area contributed by atoms with E-state index in [1.807, 2.05) is 12.1 Å². The van der Waals surface area contributed by atoms with Crippen molar-refractivity contribution >= 4 is 23.2 Å². The van der Waals surface area contributed by atoms with Crippen LogP contribution in [0.4, 0.5) is 0 Å². The third-order valence-corrected chi connectivity index (χ3v) is 4.26. The number of nitrogens with two attached hydrogens (primary N) is 1. The first-order chi connectivity index (χ1) is 8.56. The Balaban J connectivity index is 1.97. The first-order valence-corrected chi connectivity index (χ1v) is 7.24. The molecule has 0 aromatic heterocycles. The van der Waals surface area contributed by atoms with Gasteiger partial charge in [0.2, 0.25) is 0 Å². The predicted molar refractivity (Wildman–Crippen MR) is 78.2 cm³/mol. The summed E-state index contributed by atoms with van der Waals surface area (Å²) < 4.78 is 0. The SMILES string of the molecule is CC1CCN(CC(N)c2ccc(Cl)cc2Cl)CC1. The second kappa shape index (κ2) is 6.25. The molecule has 1 fully saturated rings. The average molecular weight is 287 g/mol. The van der Waals surface area contributed by atoms with E-state index in [1.165, 1.54) is 12.8 Å². The van der Waals surface area contributed by atoms with Crippen molar-refractivity contribution in [2.75, 3.05) is 19.6 Å². The molecule has 100 valence electrons. The van der Waals surface area contributed by atoms with Crippen LogP contribution in [0.15, 0.2) is 18.2 Å². The third kappa shape index (κ3) is 3.61. The van der Waals surface area contributed by atoms with Gasteiger partial charge in [0.1, 0.15) is 0 Å². The number of likely N-dealkylation sites (tertiary alicyclic amines) is 1. The summed E-state index contributed by atoms with van der Waals surface area (Å²) in [7, 11) is 0. The van der Waals surface area contributed by atoms with Crippen molar-refractivity contribution in [1.82, 2.24) is 4.90 Å². The normalized spacial score (nSPS) is 20.0. The highest BCUT2D eigenvalue weighted by Gasteiger charge is 2.19. The first-order valence-electron chi connectivity index (χ1n) is 6.49. The molecule has 1 atom stereocenters. The van der Waals surface area contributed by atoms with Gasteiger partial charge in [-0.15, -0.1) is 0 Å². The lowest BCUT2D eigenvalue weighted by Crippen LogP contribution is -2.38. The maximum Gasteiger partial charge on any atom is 0.0469 e. The number of rotatable bonds is 3. The molecule has 2 nitrogen and oxygen atoms in total. The van der Waals surface area contributed by atoms with Gasteiger partial charge in [0.05, 0.1) is 0 Å². The molecule has 18 heavy (non-hydrogen) atoms. The summed E-state index contributed by atoms with van der Waals surface area (Å²) in [5, 5.41) is 1.32. The van der Waals surface area contributed by atoms with Crippen LogP contribution in [0.25, 0.3) is 0 Å². The molecule has 1 aliphatic rings. The van der Waals surface area contributed by atoms with Crippen molar-refractivity contribution in [3.63, 3.8) is 0 Å². The van der Waals surface area contributed by atoms with Gasteiger partial charge in [-0.3, -0.25) is 0 Å². The van der Waals surface area contributed by atoms with E-state index in [-0.39, 0.29) is 6.04 Å². The van der Waals surface area contributed by atoms with Gasteiger partial charge in [-0.1, -0.05) is 36.2 Å². The molecule has 1 aliphatic heterocycles. The largest absolute Gasteiger partial charge is 0.323 e. The van der Waals surface area contributed by atoms with Gasteiger partial charge >= 0.3 is 0 Å². The molecule has 4 heteroatoms. The molecular weight excluding hydrogens is 267 g/mol. The lowest BCUT2D eigenvalue weighted by molar-refractivity contribution is 0.183. The summed E-state index contributed by atoms with van der Waals surface area (Å²) in [6, 6.07) is 5.50. The number of nitrogens with zero attached hydrogens (tertiary/aromatic N) is 1. The molecule has 0 radical (unpaired) electrons. The highest BCUT2D eigenvalue weighted by atomic mass is 35.5. The molecule has 0 spiro atoms. The van der Waals surface area contributed by atoms with Crippen molar-refractivity contribution in [3.05, 3.63) is 33.8 Å². The Bertz CT molecular complexity index is 401. The fraction of sp³-hybridized carbons (Fsp3) is 0.571. The average Bonchev–Trinajstić information content (AvgIpc) is 2.32. The minimum atomic E-state index is -0.0387. The number of halogens is 2.